The number of hydrogen-bond acceptors (Lipinski definition) is 3. The van der Waals surface area contributed by atoms with Crippen molar-refractivity contribution in [1.29, 1.82) is 0 Å². The van der Waals surface area contributed by atoms with Gasteiger partial charge in [0.2, 0.25) is 0 Å². The van der Waals surface area contributed by atoms with Gasteiger partial charge in [-0.1, -0.05) is 17.7 Å². The SMILES string of the molecule is Oc1ccc(C(=S)OCc2ccc(Br)c(Cl)c2)cc1. The van der Waals surface area contributed by atoms with E-state index in [0.29, 0.717) is 16.7 Å². The van der Waals surface area contributed by atoms with E-state index in [4.69, 9.17) is 28.6 Å². The Labute approximate surface area is 130 Å². The molecular formula is C14H10BrClO2S. The number of aromatic hydroxyl groups is 1. The molecule has 0 atom stereocenters. The van der Waals surface area contributed by atoms with Crippen LogP contribution < -0.4 is 0 Å². The third kappa shape index (κ3) is 3.93. The molecule has 2 aromatic carbocycles. The first-order valence-electron chi connectivity index (χ1n) is 5.46. The molecule has 1 N–H and O–H groups in total. The Bertz CT molecular complexity index is 599. The number of ether oxygens (including phenoxy) is 1. The largest absolute Gasteiger partial charge is 0.508 e. The van der Waals surface area contributed by atoms with Crippen molar-refractivity contribution in [2.45, 2.75) is 6.61 Å². The molecule has 0 heterocycles. The Hall–Kier alpha value is -1.10. The van der Waals surface area contributed by atoms with Gasteiger partial charge < -0.3 is 9.84 Å². The summed E-state index contributed by atoms with van der Waals surface area (Å²) in [6.45, 7) is 0.354. The first-order chi connectivity index (χ1) is 9.06. The summed E-state index contributed by atoms with van der Waals surface area (Å²) in [6.07, 6.45) is 0. The molecule has 2 nitrogen and oxygen atoms in total. The standard InChI is InChI=1S/C14H10BrClO2S/c15-12-6-1-9(7-13(12)16)8-18-14(19)10-2-4-11(17)5-3-10/h1-7,17H,8H2. The molecule has 98 valence electrons. The molecule has 0 aliphatic heterocycles. The van der Waals surface area contributed by atoms with Gasteiger partial charge in [0, 0.05) is 10.0 Å². The van der Waals surface area contributed by atoms with E-state index < -0.39 is 0 Å². The van der Waals surface area contributed by atoms with Crippen molar-refractivity contribution in [2.75, 3.05) is 0 Å². The fourth-order valence-electron chi connectivity index (χ4n) is 1.46. The van der Waals surface area contributed by atoms with Crippen molar-refractivity contribution in [3.63, 3.8) is 0 Å². The molecule has 0 aliphatic carbocycles. The van der Waals surface area contributed by atoms with Gasteiger partial charge in [0.1, 0.15) is 12.4 Å². The van der Waals surface area contributed by atoms with Gasteiger partial charge in [-0.2, -0.15) is 0 Å². The normalized spacial score (nSPS) is 10.2. The molecule has 0 unspecified atom stereocenters. The monoisotopic (exact) mass is 356 g/mol. The predicted molar refractivity (Wildman–Crippen MR) is 83.7 cm³/mol. The van der Waals surface area contributed by atoms with E-state index >= 15 is 0 Å². The molecule has 0 radical (unpaired) electrons. The Kier molecular flexibility index (Phi) is 4.80. The molecule has 0 amide bonds. The van der Waals surface area contributed by atoms with Crippen LogP contribution in [-0.4, -0.2) is 10.2 Å². The second kappa shape index (κ2) is 6.37. The van der Waals surface area contributed by atoms with Crippen LogP contribution in [0, 0.1) is 0 Å². The maximum atomic E-state index is 9.20. The van der Waals surface area contributed by atoms with Crippen molar-refractivity contribution in [2.24, 2.45) is 0 Å². The minimum atomic E-state index is 0.200. The van der Waals surface area contributed by atoms with Crippen molar-refractivity contribution < 1.29 is 9.84 Å². The zero-order chi connectivity index (χ0) is 13.8. The quantitative estimate of drug-likeness (QED) is 0.807. The topological polar surface area (TPSA) is 29.5 Å². The van der Waals surface area contributed by atoms with E-state index in [-0.39, 0.29) is 5.75 Å². The number of halogens is 2. The maximum absolute atomic E-state index is 9.20. The second-order valence-corrected chi connectivity index (χ2v) is 5.50. The molecule has 0 saturated carbocycles. The average Bonchev–Trinajstić information content (AvgIpc) is 2.40. The minimum Gasteiger partial charge on any atom is -0.508 e. The lowest BCUT2D eigenvalue weighted by Crippen LogP contribution is -2.03. The number of thiocarbonyl (C=S) groups is 1. The maximum Gasteiger partial charge on any atom is 0.191 e. The van der Waals surface area contributed by atoms with E-state index in [0.717, 1.165) is 15.6 Å². The number of rotatable bonds is 3. The zero-order valence-electron chi connectivity index (χ0n) is 9.77. The smallest absolute Gasteiger partial charge is 0.191 e. The van der Waals surface area contributed by atoms with Crippen LogP contribution in [0.5, 0.6) is 5.75 Å². The lowest BCUT2D eigenvalue weighted by Gasteiger charge is -2.08. The summed E-state index contributed by atoms with van der Waals surface area (Å²) in [7, 11) is 0. The molecule has 2 rings (SSSR count). The number of benzene rings is 2. The van der Waals surface area contributed by atoms with Gasteiger partial charge in [-0.15, -0.1) is 0 Å². The average molecular weight is 358 g/mol. The van der Waals surface area contributed by atoms with Gasteiger partial charge in [0.15, 0.2) is 5.05 Å². The van der Waals surface area contributed by atoms with E-state index in [1.165, 1.54) is 0 Å². The van der Waals surface area contributed by atoms with Crippen molar-refractivity contribution in [3.8, 4) is 5.75 Å². The zero-order valence-corrected chi connectivity index (χ0v) is 12.9. The Morgan fingerprint density at radius 1 is 1.21 bits per heavy atom. The third-order valence-electron chi connectivity index (χ3n) is 2.46. The fraction of sp³-hybridized carbons (Fsp3) is 0.0714. The van der Waals surface area contributed by atoms with Gasteiger partial charge in [-0.3, -0.25) is 0 Å². The molecule has 0 spiro atoms. The first kappa shape index (κ1) is 14.3. The second-order valence-electron chi connectivity index (χ2n) is 3.87. The predicted octanol–water partition coefficient (Wildman–Crippen LogP) is 4.70. The molecule has 0 aromatic heterocycles. The molecule has 19 heavy (non-hydrogen) atoms. The highest BCUT2D eigenvalue weighted by molar-refractivity contribution is 9.10. The lowest BCUT2D eigenvalue weighted by atomic mass is 10.2. The lowest BCUT2D eigenvalue weighted by molar-refractivity contribution is 0.302. The summed E-state index contributed by atoms with van der Waals surface area (Å²) < 4.78 is 6.37. The van der Waals surface area contributed by atoms with Crippen LogP contribution in [0.2, 0.25) is 5.02 Å². The van der Waals surface area contributed by atoms with Gasteiger partial charge >= 0.3 is 0 Å². The van der Waals surface area contributed by atoms with E-state index in [1.54, 1.807) is 24.3 Å². The van der Waals surface area contributed by atoms with Gasteiger partial charge in [-0.05, 0) is 70.1 Å². The van der Waals surface area contributed by atoms with Crippen LogP contribution in [0.25, 0.3) is 0 Å². The van der Waals surface area contributed by atoms with Crippen LogP contribution >= 0.6 is 39.7 Å². The van der Waals surface area contributed by atoms with Gasteiger partial charge in [0.25, 0.3) is 0 Å². The van der Waals surface area contributed by atoms with Crippen LogP contribution in [0.1, 0.15) is 11.1 Å². The van der Waals surface area contributed by atoms with Crippen LogP contribution in [0.15, 0.2) is 46.9 Å². The van der Waals surface area contributed by atoms with Crippen LogP contribution in [0.4, 0.5) is 0 Å². The highest BCUT2D eigenvalue weighted by Crippen LogP contribution is 2.23. The van der Waals surface area contributed by atoms with Gasteiger partial charge in [-0.25, -0.2) is 0 Å². The van der Waals surface area contributed by atoms with Crippen molar-refractivity contribution >= 4 is 44.8 Å². The Balaban J connectivity index is 2.00. The number of phenolic OH excluding ortho intramolecular Hbond substituents is 1. The van der Waals surface area contributed by atoms with Crippen molar-refractivity contribution in [1.82, 2.24) is 0 Å². The Morgan fingerprint density at radius 3 is 2.53 bits per heavy atom. The number of hydrogen-bond donors (Lipinski definition) is 1. The molecule has 0 bridgehead atoms. The van der Waals surface area contributed by atoms with Crippen LogP contribution in [0.3, 0.4) is 0 Å². The fourth-order valence-corrected chi connectivity index (χ4v) is 2.10. The van der Waals surface area contributed by atoms with E-state index in [9.17, 15) is 5.11 Å². The summed E-state index contributed by atoms with van der Waals surface area (Å²) in [6, 6.07) is 12.2. The summed E-state index contributed by atoms with van der Waals surface area (Å²) >= 11 is 14.5. The van der Waals surface area contributed by atoms with Gasteiger partial charge in [0.05, 0.1) is 5.02 Å². The minimum absolute atomic E-state index is 0.200. The van der Waals surface area contributed by atoms with E-state index in [1.807, 2.05) is 18.2 Å². The molecular weight excluding hydrogens is 348 g/mol. The highest BCUT2D eigenvalue weighted by atomic mass is 79.9. The molecule has 0 saturated heterocycles. The van der Waals surface area contributed by atoms with Crippen molar-refractivity contribution in [3.05, 3.63) is 63.1 Å². The van der Waals surface area contributed by atoms with E-state index in [2.05, 4.69) is 15.9 Å². The molecule has 2 aromatic rings. The summed E-state index contributed by atoms with van der Waals surface area (Å²) in [4.78, 5) is 0. The third-order valence-corrected chi connectivity index (χ3v) is 4.04. The molecule has 0 fully saturated rings. The summed E-state index contributed by atoms with van der Waals surface area (Å²) in [5, 5.41) is 10.2. The summed E-state index contributed by atoms with van der Waals surface area (Å²) in [5.41, 5.74) is 1.70. The number of phenols is 1. The molecule has 5 heteroatoms. The molecule has 0 aliphatic rings. The first-order valence-corrected chi connectivity index (χ1v) is 7.04. The van der Waals surface area contributed by atoms with Crippen LogP contribution in [-0.2, 0) is 11.3 Å². The summed E-state index contributed by atoms with van der Waals surface area (Å²) in [5.74, 6) is 0.200. The Morgan fingerprint density at radius 2 is 1.89 bits per heavy atom. The highest BCUT2D eigenvalue weighted by Gasteiger charge is 2.04.